The van der Waals surface area contributed by atoms with Crippen LogP contribution in [0.1, 0.15) is 23.7 Å². The number of carbonyl (C=O) groups is 2. The molecule has 0 unspecified atom stereocenters. The molecule has 0 aliphatic heterocycles. The number of anilines is 2. The fourth-order valence-corrected chi connectivity index (χ4v) is 2.03. The predicted molar refractivity (Wildman–Crippen MR) is 89.1 cm³/mol. The van der Waals surface area contributed by atoms with Crippen molar-refractivity contribution in [3.05, 3.63) is 47.1 Å². The number of hydrogen-bond acceptors (Lipinski definition) is 4. The topological polar surface area (TPSA) is 80.3 Å². The van der Waals surface area contributed by atoms with Gasteiger partial charge in [0.2, 0.25) is 11.8 Å². The zero-order valence-corrected chi connectivity index (χ0v) is 13.5. The summed E-state index contributed by atoms with van der Waals surface area (Å²) in [6, 6.07) is 8.09. The van der Waals surface area contributed by atoms with Crippen LogP contribution in [-0.2, 0) is 4.79 Å². The highest BCUT2D eigenvalue weighted by molar-refractivity contribution is 6.34. The summed E-state index contributed by atoms with van der Waals surface area (Å²) in [5, 5.41) is 5.76. The van der Waals surface area contributed by atoms with Crippen molar-refractivity contribution in [2.24, 2.45) is 0 Å². The number of nitrogens with one attached hydrogen (secondary N) is 2. The van der Waals surface area contributed by atoms with Crippen LogP contribution in [0.25, 0.3) is 0 Å². The van der Waals surface area contributed by atoms with Crippen LogP contribution < -0.4 is 15.4 Å². The van der Waals surface area contributed by atoms with E-state index in [2.05, 4.69) is 15.6 Å². The maximum atomic E-state index is 12.4. The molecule has 1 heterocycles. The molecule has 0 fully saturated rings. The summed E-state index contributed by atoms with van der Waals surface area (Å²) in [7, 11) is 1.44. The zero-order chi connectivity index (χ0) is 16.8. The maximum Gasteiger partial charge on any atom is 0.261 e. The number of hydrogen-bond donors (Lipinski definition) is 2. The number of ether oxygens (including phenoxy) is 1. The molecule has 2 rings (SSSR count). The molecule has 1 aromatic heterocycles. The van der Waals surface area contributed by atoms with Crippen LogP contribution in [0, 0.1) is 0 Å². The van der Waals surface area contributed by atoms with E-state index < -0.39 is 5.91 Å². The van der Waals surface area contributed by atoms with Gasteiger partial charge in [0.05, 0.1) is 17.8 Å². The molecular weight excluding hydrogens is 318 g/mol. The largest absolute Gasteiger partial charge is 0.480 e. The van der Waals surface area contributed by atoms with E-state index in [1.807, 2.05) is 0 Å². The molecule has 0 aliphatic carbocycles. The molecule has 0 saturated heterocycles. The standard InChI is InChI=1S/C16H16ClN3O3/c1-3-14(21)19-10-6-7-12(17)13(9-10)20-15(22)11-5-4-8-18-16(11)23-2/h4-9H,3H2,1-2H3,(H,19,21)(H,20,22). The minimum Gasteiger partial charge on any atom is -0.480 e. The Labute approximate surface area is 138 Å². The average Bonchev–Trinajstić information content (AvgIpc) is 2.57. The molecule has 0 bridgehead atoms. The van der Waals surface area contributed by atoms with Crippen molar-refractivity contribution in [3.8, 4) is 5.88 Å². The first-order chi connectivity index (χ1) is 11.0. The molecular formula is C16H16ClN3O3. The van der Waals surface area contributed by atoms with Crippen LogP contribution in [0.15, 0.2) is 36.5 Å². The summed E-state index contributed by atoms with van der Waals surface area (Å²) in [6.45, 7) is 1.75. The van der Waals surface area contributed by atoms with Gasteiger partial charge in [-0.15, -0.1) is 0 Å². The first-order valence-electron chi connectivity index (χ1n) is 6.95. The molecule has 1 aromatic carbocycles. The summed E-state index contributed by atoms with van der Waals surface area (Å²) >= 11 is 6.10. The Morgan fingerprint density at radius 1 is 1.26 bits per heavy atom. The summed E-state index contributed by atoms with van der Waals surface area (Å²) in [6.07, 6.45) is 1.89. The highest BCUT2D eigenvalue weighted by Gasteiger charge is 2.15. The van der Waals surface area contributed by atoms with Crippen LogP contribution in [0.5, 0.6) is 5.88 Å². The second-order valence-corrected chi connectivity index (χ2v) is 5.02. The number of aromatic nitrogens is 1. The van der Waals surface area contributed by atoms with E-state index in [0.717, 1.165) is 0 Å². The molecule has 2 aromatic rings. The van der Waals surface area contributed by atoms with Crippen molar-refractivity contribution in [1.82, 2.24) is 4.98 Å². The Morgan fingerprint density at radius 2 is 2.04 bits per heavy atom. The third kappa shape index (κ3) is 4.20. The van der Waals surface area contributed by atoms with Gasteiger partial charge in [-0.3, -0.25) is 9.59 Å². The van der Waals surface area contributed by atoms with Gasteiger partial charge in [-0.05, 0) is 30.3 Å². The van der Waals surface area contributed by atoms with E-state index >= 15 is 0 Å². The van der Waals surface area contributed by atoms with E-state index in [4.69, 9.17) is 16.3 Å². The van der Waals surface area contributed by atoms with E-state index in [9.17, 15) is 9.59 Å². The SMILES string of the molecule is CCC(=O)Nc1ccc(Cl)c(NC(=O)c2cccnc2OC)c1. The fourth-order valence-electron chi connectivity index (χ4n) is 1.86. The van der Waals surface area contributed by atoms with Gasteiger partial charge in [-0.2, -0.15) is 0 Å². The quantitative estimate of drug-likeness (QED) is 0.879. The number of amides is 2. The monoisotopic (exact) mass is 333 g/mol. The maximum absolute atomic E-state index is 12.4. The Bertz CT molecular complexity index is 734. The van der Waals surface area contributed by atoms with Crippen molar-refractivity contribution in [3.63, 3.8) is 0 Å². The molecule has 23 heavy (non-hydrogen) atoms. The number of pyridine rings is 1. The second kappa shape index (κ2) is 7.60. The minimum atomic E-state index is -0.407. The number of halogens is 1. The van der Waals surface area contributed by atoms with Crippen molar-refractivity contribution in [1.29, 1.82) is 0 Å². The Kier molecular flexibility index (Phi) is 5.54. The van der Waals surface area contributed by atoms with Crippen LogP contribution >= 0.6 is 11.6 Å². The number of benzene rings is 1. The van der Waals surface area contributed by atoms with Gasteiger partial charge < -0.3 is 15.4 Å². The molecule has 0 spiro atoms. The zero-order valence-electron chi connectivity index (χ0n) is 12.7. The number of methoxy groups -OCH3 is 1. The van der Waals surface area contributed by atoms with E-state index in [1.165, 1.54) is 13.3 Å². The number of carbonyl (C=O) groups excluding carboxylic acids is 2. The van der Waals surface area contributed by atoms with Gasteiger partial charge in [-0.1, -0.05) is 18.5 Å². The third-order valence-electron chi connectivity index (χ3n) is 3.03. The smallest absolute Gasteiger partial charge is 0.261 e. The summed E-state index contributed by atoms with van der Waals surface area (Å²) in [5.74, 6) is -0.314. The van der Waals surface area contributed by atoms with Gasteiger partial charge in [0.15, 0.2) is 0 Å². The Balaban J connectivity index is 2.23. The number of nitrogens with zero attached hydrogens (tertiary/aromatic N) is 1. The van der Waals surface area contributed by atoms with Gasteiger partial charge in [0.1, 0.15) is 5.56 Å². The lowest BCUT2D eigenvalue weighted by molar-refractivity contribution is -0.115. The summed E-state index contributed by atoms with van der Waals surface area (Å²) in [4.78, 5) is 27.8. The van der Waals surface area contributed by atoms with Crippen molar-refractivity contribution >= 4 is 34.8 Å². The Morgan fingerprint density at radius 3 is 2.74 bits per heavy atom. The molecule has 2 amide bonds. The van der Waals surface area contributed by atoms with Crippen LogP contribution in [-0.4, -0.2) is 23.9 Å². The molecule has 0 saturated carbocycles. The van der Waals surface area contributed by atoms with Crippen LogP contribution in [0.4, 0.5) is 11.4 Å². The van der Waals surface area contributed by atoms with Gasteiger partial charge >= 0.3 is 0 Å². The summed E-state index contributed by atoms with van der Waals surface area (Å²) < 4.78 is 5.06. The Hall–Kier alpha value is -2.60. The minimum absolute atomic E-state index is 0.126. The highest BCUT2D eigenvalue weighted by Crippen LogP contribution is 2.27. The van der Waals surface area contributed by atoms with Crippen LogP contribution in [0.2, 0.25) is 5.02 Å². The lowest BCUT2D eigenvalue weighted by atomic mass is 10.2. The number of rotatable bonds is 5. The normalized spacial score (nSPS) is 10.0. The van der Waals surface area contributed by atoms with Crippen molar-refractivity contribution in [2.75, 3.05) is 17.7 Å². The molecule has 0 atom stereocenters. The third-order valence-corrected chi connectivity index (χ3v) is 3.36. The van der Waals surface area contributed by atoms with Crippen molar-refractivity contribution < 1.29 is 14.3 Å². The van der Waals surface area contributed by atoms with E-state index in [-0.39, 0.29) is 17.4 Å². The lowest BCUT2D eigenvalue weighted by Crippen LogP contribution is -2.15. The second-order valence-electron chi connectivity index (χ2n) is 4.61. The lowest BCUT2D eigenvalue weighted by Gasteiger charge is -2.11. The van der Waals surface area contributed by atoms with E-state index in [1.54, 1.807) is 37.3 Å². The summed E-state index contributed by atoms with van der Waals surface area (Å²) in [5.41, 5.74) is 1.22. The van der Waals surface area contributed by atoms with Crippen molar-refractivity contribution in [2.45, 2.75) is 13.3 Å². The molecule has 0 aliphatic rings. The van der Waals surface area contributed by atoms with Gasteiger partial charge in [-0.25, -0.2) is 4.98 Å². The molecule has 120 valence electrons. The molecule has 7 heteroatoms. The van der Waals surface area contributed by atoms with E-state index in [0.29, 0.717) is 22.8 Å². The first kappa shape index (κ1) is 16.8. The molecule has 0 radical (unpaired) electrons. The van der Waals surface area contributed by atoms with Gasteiger partial charge in [0, 0.05) is 18.3 Å². The van der Waals surface area contributed by atoms with Gasteiger partial charge in [0.25, 0.3) is 5.91 Å². The average molecular weight is 334 g/mol. The first-order valence-corrected chi connectivity index (χ1v) is 7.32. The molecule has 2 N–H and O–H groups in total. The highest BCUT2D eigenvalue weighted by atomic mass is 35.5. The molecule has 6 nitrogen and oxygen atoms in total. The van der Waals surface area contributed by atoms with Crippen LogP contribution in [0.3, 0.4) is 0 Å². The fraction of sp³-hybridized carbons (Fsp3) is 0.188. The predicted octanol–water partition coefficient (Wildman–Crippen LogP) is 3.34.